The summed E-state index contributed by atoms with van der Waals surface area (Å²) in [5.74, 6) is 2.07. The van der Waals surface area contributed by atoms with Gasteiger partial charge < -0.3 is 20.1 Å². The number of nitro groups is 1. The van der Waals surface area contributed by atoms with E-state index >= 15 is 0 Å². The molecular weight excluding hydrogens is 511 g/mol. The van der Waals surface area contributed by atoms with Gasteiger partial charge in [-0.05, 0) is 37.6 Å². The van der Waals surface area contributed by atoms with Gasteiger partial charge in [0.1, 0.15) is 11.5 Å². The van der Waals surface area contributed by atoms with Crippen LogP contribution in [-0.2, 0) is 6.54 Å². The number of non-ortho nitro benzene ring substituents is 1. The average molecular weight is 540 g/mol. The molecule has 8 nitrogen and oxygen atoms in total. The number of guanidine groups is 1. The third-order valence-corrected chi connectivity index (χ3v) is 4.38. The second kappa shape index (κ2) is 12.8. The van der Waals surface area contributed by atoms with Crippen LogP contribution in [0.3, 0.4) is 0 Å². The van der Waals surface area contributed by atoms with Gasteiger partial charge in [-0.2, -0.15) is 0 Å². The van der Waals surface area contributed by atoms with Crippen LogP contribution in [0, 0.1) is 10.1 Å². The third kappa shape index (κ3) is 8.08. The number of methoxy groups -OCH3 is 2. The number of hydrogen-bond acceptors (Lipinski definition) is 5. The van der Waals surface area contributed by atoms with E-state index in [4.69, 9.17) is 9.47 Å². The van der Waals surface area contributed by atoms with Crippen LogP contribution >= 0.6 is 24.0 Å². The van der Waals surface area contributed by atoms with Crippen LogP contribution in [0.15, 0.2) is 59.6 Å². The van der Waals surface area contributed by atoms with Gasteiger partial charge in [0.2, 0.25) is 0 Å². The topological polar surface area (TPSA) is 98.0 Å². The molecule has 2 N–H and O–H groups in total. The predicted octanol–water partition coefficient (Wildman–Crippen LogP) is 4.60. The Labute approximate surface area is 199 Å². The van der Waals surface area contributed by atoms with Gasteiger partial charge in [0.25, 0.3) is 5.69 Å². The van der Waals surface area contributed by atoms with Crippen LogP contribution in [0.2, 0.25) is 0 Å². The van der Waals surface area contributed by atoms with E-state index in [1.807, 2.05) is 32.0 Å². The first-order valence-corrected chi connectivity index (χ1v) is 9.48. The summed E-state index contributed by atoms with van der Waals surface area (Å²) < 4.78 is 10.8. The Hall–Kier alpha value is -2.82. The van der Waals surface area contributed by atoms with Crippen LogP contribution < -0.4 is 20.1 Å². The molecule has 31 heavy (non-hydrogen) atoms. The first kappa shape index (κ1) is 26.2. The molecule has 0 aromatic heterocycles. The fourth-order valence-corrected chi connectivity index (χ4v) is 2.74. The van der Waals surface area contributed by atoms with Crippen molar-refractivity contribution >= 4 is 35.6 Å². The summed E-state index contributed by atoms with van der Waals surface area (Å²) in [6.45, 7) is 8.77. The number of nitrogens with one attached hydrogen (secondary N) is 2. The summed E-state index contributed by atoms with van der Waals surface area (Å²) in [6.07, 6.45) is 0. The molecule has 0 amide bonds. The van der Waals surface area contributed by atoms with Crippen LogP contribution in [0.4, 0.5) is 5.69 Å². The maximum Gasteiger partial charge on any atom is 0.269 e. The van der Waals surface area contributed by atoms with Gasteiger partial charge in [-0.3, -0.25) is 10.1 Å². The van der Waals surface area contributed by atoms with E-state index in [9.17, 15) is 10.1 Å². The zero-order chi connectivity index (χ0) is 22.1. The van der Waals surface area contributed by atoms with Crippen LogP contribution in [0.5, 0.6) is 11.5 Å². The van der Waals surface area contributed by atoms with Crippen molar-refractivity contribution in [1.82, 2.24) is 10.6 Å². The maximum atomic E-state index is 10.8. The minimum Gasteiger partial charge on any atom is -0.497 e. The Kier molecular flexibility index (Phi) is 10.8. The summed E-state index contributed by atoms with van der Waals surface area (Å²) in [5.41, 5.74) is 2.81. The third-order valence-electron chi connectivity index (χ3n) is 4.38. The Morgan fingerprint density at radius 2 is 1.87 bits per heavy atom. The van der Waals surface area contributed by atoms with Gasteiger partial charge in [-0.15, -0.1) is 24.0 Å². The fraction of sp³-hybridized carbons (Fsp3) is 0.318. The smallest absolute Gasteiger partial charge is 0.269 e. The zero-order valence-corrected chi connectivity index (χ0v) is 20.5. The Balaban J connectivity index is 0.00000480. The highest BCUT2D eigenvalue weighted by molar-refractivity contribution is 14.0. The number of benzene rings is 2. The molecule has 0 aliphatic rings. The lowest BCUT2D eigenvalue weighted by atomic mass is 10.1. The van der Waals surface area contributed by atoms with Crippen molar-refractivity contribution < 1.29 is 14.4 Å². The highest BCUT2D eigenvalue weighted by atomic mass is 127. The molecule has 1 unspecified atom stereocenters. The van der Waals surface area contributed by atoms with Crippen molar-refractivity contribution in [3.8, 4) is 11.5 Å². The Morgan fingerprint density at radius 3 is 2.42 bits per heavy atom. The van der Waals surface area contributed by atoms with Gasteiger partial charge in [0.05, 0.1) is 31.7 Å². The first-order valence-electron chi connectivity index (χ1n) is 9.48. The van der Waals surface area contributed by atoms with E-state index < -0.39 is 4.92 Å². The normalized spacial score (nSPS) is 11.7. The monoisotopic (exact) mass is 540 g/mol. The van der Waals surface area contributed by atoms with Gasteiger partial charge in [-0.1, -0.05) is 24.3 Å². The lowest BCUT2D eigenvalue weighted by Crippen LogP contribution is -2.39. The second-order valence-corrected chi connectivity index (χ2v) is 6.87. The molecule has 0 fully saturated rings. The minimum atomic E-state index is -0.419. The summed E-state index contributed by atoms with van der Waals surface area (Å²) in [7, 11) is 3.25. The molecular formula is C22H29IN4O4. The lowest BCUT2D eigenvalue weighted by Gasteiger charge is -2.21. The van der Waals surface area contributed by atoms with Crippen molar-refractivity contribution in [3.05, 3.63) is 75.9 Å². The van der Waals surface area contributed by atoms with Crippen molar-refractivity contribution in [2.75, 3.05) is 20.8 Å². The van der Waals surface area contributed by atoms with E-state index in [1.54, 1.807) is 26.4 Å². The van der Waals surface area contributed by atoms with Crippen LogP contribution in [-0.4, -0.2) is 31.6 Å². The van der Waals surface area contributed by atoms with Crippen LogP contribution in [0.25, 0.3) is 0 Å². The summed E-state index contributed by atoms with van der Waals surface area (Å²) in [6, 6.07) is 11.9. The van der Waals surface area contributed by atoms with Crippen molar-refractivity contribution in [1.29, 1.82) is 0 Å². The highest BCUT2D eigenvalue weighted by Gasteiger charge is 2.14. The van der Waals surface area contributed by atoms with Crippen molar-refractivity contribution in [3.63, 3.8) is 0 Å². The maximum absolute atomic E-state index is 10.8. The molecule has 0 bridgehead atoms. The average Bonchev–Trinajstić information content (AvgIpc) is 2.75. The Bertz CT molecular complexity index is 916. The summed E-state index contributed by atoms with van der Waals surface area (Å²) in [5, 5.41) is 17.4. The van der Waals surface area contributed by atoms with E-state index in [0.29, 0.717) is 19.0 Å². The molecule has 0 saturated carbocycles. The summed E-state index contributed by atoms with van der Waals surface area (Å²) in [4.78, 5) is 15.0. The molecule has 0 heterocycles. The molecule has 2 aromatic carbocycles. The predicted molar refractivity (Wildman–Crippen MR) is 134 cm³/mol. The molecule has 0 spiro atoms. The molecule has 0 aliphatic carbocycles. The van der Waals surface area contributed by atoms with Gasteiger partial charge in [0, 0.05) is 24.2 Å². The number of rotatable bonds is 9. The number of nitro benzene ring substituents is 1. The van der Waals surface area contributed by atoms with Crippen molar-refractivity contribution in [2.24, 2.45) is 4.99 Å². The highest BCUT2D eigenvalue weighted by Crippen LogP contribution is 2.29. The SMILES string of the molecule is C=C(C)CNC(=NCc1ccc([N+](=O)[O-])cc1)NC(C)c1cc(OC)ccc1OC.I. The summed E-state index contributed by atoms with van der Waals surface area (Å²) >= 11 is 0. The quantitative estimate of drug-likeness (QED) is 0.121. The van der Waals surface area contributed by atoms with E-state index in [1.165, 1.54) is 12.1 Å². The standard InChI is InChI=1S/C22H28N4O4.HI/c1-15(2)13-23-22(24-14-17-6-8-18(9-7-17)26(27)28)25-16(3)20-12-19(29-4)10-11-21(20)30-5;/h6-12,16H,1,13-14H2,2-5H3,(H2,23,24,25);1H. The molecule has 0 radical (unpaired) electrons. The molecule has 0 aliphatic heterocycles. The molecule has 0 saturated heterocycles. The number of ether oxygens (including phenoxy) is 2. The van der Waals surface area contributed by atoms with E-state index in [2.05, 4.69) is 22.2 Å². The second-order valence-electron chi connectivity index (χ2n) is 6.87. The fourth-order valence-electron chi connectivity index (χ4n) is 2.74. The van der Waals surface area contributed by atoms with E-state index in [-0.39, 0.29) is 35.7 Å². The van der Waals surface area contributed by atoms with Gasteiger partial charge in [0.15, 0.2) is 5.96 Å². The van der Waals surface area contributed by atoms with E-state index in [0.717, 1.165) is 28.2 Å². The number of nitrogens with zero attached hydrogens (tertiary/aromatic N) is 2. The van der Waals surface area contributed by atoms with Crippen LogP contribution in [0.1, 0.15) is 31.0 Å². The lowest BCUT2D eigenvalue weighted by molar-refractivity contribution is -0.384. The first-order chi connectivity index (χ1) is 14.3. The van der Waals surface area contributed by atoms with Crippen molar-refractivity contribution in [2.45, 2.75) is 26.4 Å². The zero-order valence-electron chi connectivity index (χ0n) is 18.2. The molecule has 9 heteroatoms. The number of halogens is 1. The largest absolute Gasteiger partial charge is 0.497 e. The molecule has 168 valence electrons. The molecule has 2 aromatic rings. The molecule has 1 atom stereocenters. The molecule has 2 rings (SSSR count). The van der Waals surface area contributed by atoms with Gasteiger partial charge >= 0.3 is 0 Å². The number of hydrogen-bond donors (Lipinski definition) is 2. The minimum absolute atomic E-state index is 0. The number of aliphatic imine (C=N–C) groups is 1. The van der Waals surface area contributed by atoms with Gasteiger partial charge in [-0.25, -0.2) is 4.99 Å². The Morgan fingerprint density at radius 1 is 1.19 bits per heavy atom.